The highest BCUT2D eigenvalue weighted by molar-refractivity contribution is 5.90. The molecule has 88 valence electrons. The van der Waals surface area contributed by atoms with Gasteiger partial charge in [0.25, 0.3) is 6.43 Å². The maximum atomic E-state index is 11.9. The zero-order valence-corrected chi connectivity index (χ0v) is 8.87. The van der Waals surface area contributed by atoms with Gasteiger partial charge in [0.15, 0.2) is 0 Å². The first kappa shape index (κ1) is 12.6. The Kier molecular flexibility index (Phi) is 4.85. The van der Waals surface area contributed by atoms with Crippen molar-refractivity contribution in [2.24, 2.45) is 0 Å². The van der Waals surface area contributed by atoms with E-state index in [9.17, 15) is 13.6 Å². The Morgan fingerprint density at radius 2 is 2.12 bits per heavy atom. The molecule has 0 aromatic heterocycles. The molecule has 1 aromatic rings. The molecule has 0 radical (unpaired) electrons. The molecule has 1 rings (SSSR count). The van der Waals surface area contributed by atoms with Crippen LogP contribution in [-0.2, 0) is 11.3 Å². The van der Waals surface area contributed by atoms with E-state index in [1.807, 2.05) is 0 Å². The molecule has 0 atom stereocenters. The molecule has 0 spiro atoms. The average molecular weight is 229 g/mol. The fraction of sp³-hybridized carbons (Fsp3) is 0.364. The Bertz CT molecular complexity index is 356. The van der Waals surface area contributed by atoms with E-state index in [0.717, 1.165) is 0 Å². The molecule has 3 nitrogen and oxygen atoms in total. The molecular weight excluding hydrogens is 216 g/mol. The highest BCUT2D eigenvalue weighted by atomic mass is 19.3. The summed E-state index contributed by atoms with van der Waals surface area (Å²) in [5, 5.41) is 2.56. The van der Waals surface area contributed by atoms with Gasteiger partial charge >= 0.3 is 5.97 Å². The molecule has 0 heterocycles. The number of carbonyl (C=O) groups is 1. The van der Waals surface area contributed by atoms with E-state index in [1.165, 1.54) is 7.11 Å². The van der Waals surface area contributed by atoms with Crippen LogP contribution in [0, 0.1) is 0 Å². The Labute approximate surface area is 92.4 Å². The summed E-state index contributed by atoms with van der Waals surface area (Å²) in [6, 6.07) is 6.74. The largest absolute Gasteiger partial charge is 0.465 e. The quantitative estimate of drug-likeness (QED) is 0.783. The van der Waals surface area contributed by atoms with E-state index in [0.29, 0.717) is 11.1 Å². The number of rotatable bonds is 5. The van der Waals surface area contributed by atoms with Crippen LogP contribution in [0.25, 0.3) is 0 Å². The highest BCUT2D eigenvalue weighted by Gasteiger charge is 2.10. The van der Waals surface area contributed by atoms with Crippen LogP contribution in [0.3, 0.4) is 0 Å². The number of halogens is 2. The second kappa shape index (κ2) is 6.17. The van der Waals surface area contributed by atoms with Crippen molar-refractivity contribution in [2.75, 3.05) is 13.7 Å². The van der Waals surface area contributed by atoms with Crippen molar-refractivity contribution >= 4 is 5.97 Å². The fourth-order valence-corrected chi connectivity index (χ4v) is 1.30. The summed E-state index contributed by atoms with van der Waals surface area (Å²) in [5.41, 5.74) is 1.04. The van der Waals surface area contributed by atoms with Gasteiger partial charge in [-0.25, -0.2) is 13.6 Å². The second-order valence-corrected chi connectivity index (χ2v) is 3.17. The molecule has 0 aliphatic heterocycles. The number of esters is 1. The number of methoxy groups -OCH3 is 1. The molecule has 5 heteroatoms. The minimum absolute atomic E-state index is 0.218. The molecule has 0 fully saturated rings. The molecule has 0 saturated carbocycles. The normalized spacial score (nSPS) is 10.5. The van der Waals surface area contributed by atoms with Gasteiger partial charge in [0.1, 0.15) is 0 Å². The molecule has 0 unspecified atom stereocenters. The Balaban J connectivity index is 2.67. The third-order valence-electron chi connectivity index (χ3n) is 2.04. The van der Waals surface area contributed by atoms with E-state index in [2.05, 4.69) is 10.1 Å². The Morgan fingerprint density at radius 1 is 1.44 bits per heavy atom. The molecule has 16 heavy (non-hydrogen) atoms. The van der Waals surface area contributed by atoms with Crippen molar-refractivity contribution in [1.82, 2.24) is 5.32 Å². The van der Waals surface area contributed by atoms with E-state index in [1.54, 1.807) is 24.3 Å². The van der Waals surface area contributed by atoms with Crippen LogP contribution >= 0.6 is 0 Å². The van der Waals surface area contributed by atoms with E-state index in [-0.39, 0.29) is 6.54 Å². The van der Waals surface area contributed by atoms with Gasteiger partial charge in [0, 0.05) is 6.54 Å². The van der Waals surface area contributed by atoms with Gasteiger partial charge in [-0.2, -0.15) is 0 Å². The molecule has 0 bridgehead atoms. The Morgan fingerprint density at radius 3 is 2.75 bits per heavy atom. The first-order chi connectivity index (χ1) is 7.65. The van der Waals surface area contributed by atoms with E-state index < -0.39 is 18.9 Å². The van der Waals surface area contributed by atoms with Crippen molar-refractivity contribution in [2.45, 2.75) is 13.0 Å². The summed E-state index contributed by atoms with van der Waals surface area (Å²) in [6.45, 7) is -0.175. The second-order valence-electron chi connectivity index (χ2n) is 3.17. The number of carbonyl (C=O) groups excluding carboxylic acids is 1. The molecule has 0 saturated heterocycles. The number of ether oxygens (including phenoxy) is 1. The van der Waals surface area contributed by atoms with Crippen LogP contribution in [0.1, 0.15) is 15.9 Å². The van der Waals surface area contributed by atoms with Crippen molar-refractivity contribution in [3.63, 3.8) is 0 Å². The predicted molar refractivity (Wildman–Crippen MR) is 55.5 cm³/mol. The van der Waals surface area contributed by atoms with Crippen LogP contribution in [0.15, 0.2) is 24.3 Å². The predicted octanol–water partition coefficient (Wildman–Crippen LogP) is 1.83. The summed E-state index contributed by atoms with van der Waals surface area (Å²) < 4.78 is 28.4. The summed E-state index contributed by atoms with van der Waals surface area (Å²) in [4.78, 5) is 11.3. The lowest BCUT2D eigenvalue weighted by molar-refractivity contribution is 0.0599. The van der Waals surface area contributed by atoms with Gasteiger partial charge in [-0.15, -0.1) is 0 Å². The zero-order valence-electron chi connectivity index (χ0n) is 8.87. The topological polar surface area (TPSA) is 38.3 Å². The number of benzene rings is 1. The van der Waals surface area contributed by atoms with Crippen LogP contribution in [0.4, 0.5) is 8.78 Å². The molecular formula is C11H13F2NO2. The molecule has 0 aliphatic carbocycles. The number of nitrogens with one attached hydrogen (secondary N) is 1. The van der Waals surface area contributed by atoms with Crippen molar-refractivity contribution in [3.05, 3.63) is 35.4 Å². The number of hydrogen-bond donors (Lipinski definition) is 1. The number of hydrogen-bond acceptors (Lipinski definition) is 3. The standard InChI is InChI=1S/C11H13F2NO2/c1-16-11(15)9-5-3-2-4-8(9)6-14-7-10(12)13/h2-5,10,14H,6-7H2,1H3. The average Bonchev–Trinajstić information content (AvgIpc) is 2.28. The molecule has 1 N–H and O–H groups in total. The monoisotopic (exact) mass is 229 g/mol. The van der Waals surface area contributed by atoms with Crippen molar-refractivity contribution in [1.29, 1.82) is 0 Å². The van der Waals surface area contributed by atoms with E-state index in [4.69, 9.17) is 0 Å². The minimum Gasteiger partial charge on any atom is -0.465 e. The van der Waals surface area contributed by atoms with Gasteiger partial charge in [0.2, 0.25) is 0 Å². The fourth-order valence-electron chi connectivity index (χ4n) is 1.30. The van der Waals surface area contributed by atoms with Crippen LogP contribution < -0.4 is 5.32 Å². The third-order valence-corrected chi connectivity index (χ3v) is 2.04. The molecule has 0 aliphatic rings. The van der Waals surface area contributed by atoms with Gasteiger partial charge < -0.3 is 10.1 Å². The van der Waals surface area contributed by atoms with Gasteiger partial charge in [-0.05, 0) is 11.6 Å². The van der Waals surface area contributed by atoms with Crippen molar-refractivity contribution in [3.8, 4) is 0 Å². The van der Waals surface area contributed by atoms with Gasteiger partial charge in [-0.3, -0.25) is 0 Å². The summed E-state index contributed by atoms with van der Waals surface area (Å²) in [5.74, 6) is -0.463. The van der Waals surface area contributed by atoms with E-state index >= 15 is 0 Å². The third kappa shape index (κ3) is 3.58. The van der Waals surface area contributed by atoms with Crippen LogP contribution in [0.2, 0.25) is 0 Å². The summed E-state index contributed by atoms with van der Waals surface area (Å²) >= 11 is 0. The SMILES string of the molecule is COC(=O)c1ccccc1CNCC(F)F. The first-order valence-corrected chi connectivity index (χ1v) is 4.80. The smallest absolute Gasteiger partial charge is 0.338 e. The lowest BCUT2D eigenvalue weighted by atomic mass is 10.1. The summed E-state index contributed by atoms with van der Waals surface area (Å²) in [6.07, 6.45) is -2.40. The maximum Gasteiger partial charge on any atom is 0.338 e. The van der Waals surface area contributed by atoms with Gasteiger partial charge in [-0.1, -0.05) is 18.2 Å². The van der Waals surface area contributed by atoms with Crippen molar-refractivity contribution < 1.29 is 18.3 Å². The van der Waals surface area contributed by atoms with Crippen LogP contribution in [-0.4, -0.2) is 26.0 Å². The molecule has 1 aromatic carbocycles. The first-order valence-electron chi connectivity index (χ1n) is 4.80. The lowest BCUT2D eigenvalue weighted by Gasteiger charge is -2.08. The summed E-state index contributed by atoms with van der Waals surface area (Å²) in [7, 11) is 1.28. The maximum absolute atomic E-state index is 11.9. The van der Waals surface area contributed by atoms with Crippen LogP contribution in [0.5, 0.6) is 0 Å². The molecule has 0 amide bonds. The zero-order chi connectivity index (χ0) is 12.0. The highest BCUT2D eigenvalue weighted by Crippen LogP contribution is 2.09. The van der Waals surface area contributed by atoms with Gasteiger partial charge in [0.05, 0.1) is 19.2 Å². The minimum atomic E-state index is -2.40. The lowest BCUT2D eigenvalue weighted by Crippen LogP contribution is -2.22. The number of alkyl halides is 2. The Hall–Kier alpha value is -1.49.